The quantitative estimate of drug-likeness (QED) is 0.734. The van der Waals surface area contributed by atoms with Crippen LogP contribution in [0.25, 0.3) is 11.0 Å². The van der Waals surface area contributed by atoms with Crippen LogP contribution in [0.5, 0.6) is 0 Å². The summed E-state index contributed by atoms with van der Waals surface area (Å²) in [6, 6.07) is 3.13. The molecule has 5 heteroatoms. The molecule has 5 nitrogen and oxygen atoms in total. The molecule has 3 N–H and O–H groups in total. The van der Waals surface area contributed by atoms with Crippen LogP contribution in [0, 0.1) is 13.8 Å². The minimum atomic E-state index is -0.579. The van der Waals surface area contributed by atoms with Crippen LogP contribution < -0.4 is 11.3 Å². The number of amides is 1. The number of aromatic nitrogens is 2. The Morgan fingerprint density at radius 2 is 2.00 bits per heavy atom. The van der Waals surface area contributed by atoms with Crippen LogP contribution in [0.3, 0.4) is 0 Å². The highest BCUT2D eigenvalue weighted by Crippen LogP contribution is 2.14. The lowest BCUT2D eigenvalue weighted by molar-refractivity contribution is 0.0996. The van der Waals surface area contributed by atoms with Crippen molar-refractivity contribution < 1.29 is 4.79 Å². The number of pyridine rings is 2. The number of nitrogens with two attached hydrogens (primary N) is 1. The maximum absolute atomic E-state index is 11.5. The predicted octanol–water partition coefficient (Wildman–Crippen LogP) is 0.639. The summed E-state index contributed by atoms with van der Waals surface area (Å²) in [5, 5.41) is 0. The Morgan fingerprint density at radius 1 is 1.31 bits per heavy atom. The fraction of sp³-hybridized carbons (Fsp3) is 0.182. The lowest BCUT2D eigenvalue weighted by Gasteiger charge is -2.05. The van der Waals surface area contributed by atoms with E-state index in [1.54, 1.807) is 19.9 Å². The highest BCUT2D eigenvalue weighted by atomic mass is 16.1. The number of hydrogen-bond donors (Lipinski definition) is 2. The van der Waals surface area contributed by atoms with Crippen molar-refractivity contribution in [3.05, 3.63) is 39.3 Å². The molecule has 0 saturated heterocycles. The molecule has 0 fully saturated rings. The van der Waals surface area contributed by atoms with Gasteiger partial charge in [0.25, 0.3) is 11.5 Å². The summed E-state index contributed by atoms with van der Waals surface area (Å²) in [5.74, 6) is -0.579. The first-order chi connectivity index (χ1) is 7.50. The molecule has 0 aliphatic carbocycles. The van der Waals surface area contributed by atoms with Crippen molar-refractivity contribution in [3.63, 3.8) is 0 Å². The molecule has 0 saturated carbocycles. The molecular weight excluding hydrogens is 206 g/mol. The molecule has 0 bridgehead atoms. The Hall–Kier alpha value is -2.17. The van der Waals surface area contributed by atoms with Crippen LogP contribution >= 0.6 is 0 Å². The normalized spacial score (nSPS) is 10.6. The van der Waals surface area contributed by atoms with Crippen LogP contribution in [0.2, 0.25) is 0 Å². The van der Waals surface area contributed by atoms with Gasteiger partial charge >= 0.3 is 0 Å². The second-order valence-electron chi connectivity index (χ2n) is 3.66. The van der Waals surface area contributed by atoms with Crippen LogP contribution in [0.4, 0.5) is 0 Å². The van der Waals surface area contributed by atoms with E-state index >= 15 is 0 Å². The van der Waals surface area contributed by atoms with E-state index in [4.69, 9.17) is 5.73 Å². The van der Waals surface area contributed by atoms with Crippen molar-refractivity contribution in [1.29, 1.82) is 0 Å². The van der Waals surface area contributed by atoms with Gasteiger partial charge in [-0.1, -0.05) is 0 Å². The average Bonchev–Trinajstić information content (AvgIpc) is 2.25. The van der Waals surface area contributed by atoms with Gasteiger partial charge in [0.05, 0.1) is 11.0 Å². The van der Waals surface area contributed by atoms with Crippen molar-refractivity contribution in [2.24, 2.45) is 5.73 Å². The van der Waals surface area contributed by atoms with Gasteiger partial charge in [-0.05, 0) is 31.5 Å². The summed E-state index contributed by atoms with van der Waals surface area (Å²) in [4.78, 5) is 29.3. The van der Waals surface area contributed by atoms with E-state index in [1.165, 1.54) is 6.07 Å². The average molecular weight is 217 g/mol. The Bertz CT molecular complexity index is 643. The first kappa shape index (κ1) is 10.4. The van der Waals surface area contributed by atoms with Crippen LogP contribution in [-0.4, -0.2) is 15.9 Å². The van der Waals surface area contributed by atoms with Gasteiger partial charge in [-0.25, -0.2) is 4.98 Å². The molecule has 2 heterocycles. The van der Waals surface area contributed by atoms with E-state index in [0.717, 1.165) is 5.56 Å². The number of hydrogen-bond acceptors (Lipinski definition) is 3. The molecule has 0 aliphatic rings. The van der Waals surface area contributed by atoms with Crippen molar-refractivity contribution in [1.82, 2.24) is 9.97 Å². The molecule has 16 heavy (non-hydrogen) atoms. The number of carbonyl (C=O) groups excluding carboxylic acids is 1. The van der Waals surface area contributed by atoms with Crippen LogP contribution in [-0.2, 0) is 0 Å². The highest BCUT2D eigenvalue weighted by molar-refractivity contribution is 5.93. The largest absolute Gasteiger partial charge is 0.364 e. The fourth-order valence-electron chi connectivity index (χ4n) is 1.55. The molecule has 2 aromatic rings. The van der Waals surface area contributed by atoms with Gasteiger partial charge in [-0.2, -0.15) is 0 Å². The Morgan fingerprint density at radius 3 is 2.62 bits per heavy atom. The second kappa shape index (κ2) is 3.44. The molecule has 0 aliphatic heterocycles. The standard InChI is InChI=1S/C11H11N3O2/c1-5-6(2)11(16)14-7-3-4-8(10(12)15)13-9(5)7/h3-4H,1-2H3,(H2,12,15)(H,14,16). The molecule has 0 atom stereocenters. The third-order valence-electron chi connectivity index (χ3n) is 2.65. The lowest BCUT2D eigenvalue weighted by Crippen LogP contribution is -2.15. The zero-order valence-electron chi connectivity index (χ0n) is 9.00. The van der Waals surface area contributed by atoms with E-state index in [-0.39, 0.29) is 11.3 Å². The molecule has 2 rings (SSSR count). The molecule has 0 radical (unpaired) electrons. The predicted molar refractivity (Wildman–Crippen MR) is 60.4 cm³/mol. The monoisotopic (exact) mass is 217 g/mol. The molecule has 2 aromatic heterocycles. The van der Waals surface area contributed by atoms with E-state index in [2.05, 4.69) is 9.97 Å². The molecule has 0 aromatic carbocycles. The van der Waals surface area contributed by atoms with Crippen molar-refractivity contribution in [3.8, 4) is 0 Å². The van der Waals surface area contributed by atoms with Gasteiger partial charge in [-0.3, -0.25) is 9.59 Å². The molecule has 1 amide bonds. The van der Waals surface area contributed by atoms with Crippen LogP contribution in [0.15, 0.2) is 16.9 Å². The van der Waals surface area contributed by atoms with Gasteiger partial charge in [0.1, 0.15) is 5.69 Å². The van der Waals surface area contributed by atoms with Crippen molar-refractivity contribution >= 4 is 16.9 Å². The number of aryl methyl sites for hydroxylation is 1. The zero-order valence-corrected chi connectivity index (χ0v) is 9.00. The zero-order chi connectivity index (χ0) is 11.9. The number of aromatic amines is 1. The topological polar surface area (TPSA) is 88.8 Å². The van der Waals surface area contributed by atoms with Gasteiger partial charge in [0.15, 0.2) is 0 Å². The number of primary amides is 1. The van der Waals surface area contributed by atoms with E-state index < -0.39 is 5.91 Å². The Labute approximate surface area is 91.3 Å². The SMILES string of the molecule is Cc1c(C)c2nc(C(N)=O)ccc2[nH]c1=O. The maximum atomic E-state index is 11.5. The molecule has 0 unspecified atom stereocenters. The molecule has 82 valence electrons. The summed E-state index contributed by atoms with van der Waals surface area (Å²) in [6.45, 7) is 3.51. The highest BCUT2D eigenvalue weighted by Gasteiger charge is 2.09. The smallest absolute Gasteiger partial charge is 0.267 e. The number of nitrogens with one attached hydrogen (secondary N) is 1. The Kier molecular flexibility index (Phi) is 2.23. The fourth-order valence-corrected chi connectivity index (χ4v) is 1.55. The van der Waals surface area contributed by atoms with Crippen LogP contribution in [0.1, 0.15) is 21.6 Å². The number of nitrogens with zero attached hydrogens (tertiary/aromatic N) is 1. The Balaban J connectivity index is 2.88. The summed E-state index contributed by atoms with van der Waals surface area (Å²) in [6.07, 6.45) is 0. The van der Waals surface area contributed by atoms with Gasteiger partial charge < -0.3 is 10.7 Å². The number of rotatable bonds is 1. The minimum Gasteiger partial charge on any atom is -0.364 e. The third kappa shape index (κ3) is 1.46. The second-order valence-corrected chi connectivity index (χ2v) is 3.66. The van der Waals surface area contributed by atoms with Crippen molar-refractivity contribution in [2.45, 2.75) is 13.8 Å². The van der Waals surface area contributed by atoms with Crippen molar-refractivity contribution in [2.75, 3.05) is 0 Å². The van der Waals surface area contributed by atoms with Gasteiger partial charge in [0, 0.05) is 5.56 Å². The minimum absolute atomic E-state index is 0.140. The summed E-state index contributed by atoms with van der Waals surface area (Å²) < 4.78 is 0. The maximum Gasteiger partial charge on any atom is 0.267 e. The molecule has 0 spiro atoms. The number of fused-ring (bicyclic) bond motifs is 1. The number of carbonyl (C=O) groups is 1. The van der Waals surface area contributed by atoms with E-state index in [9.17, 15) is 9.59 Å². The third-order valence-corrected chi connectivity index (χ3v) is 2.65. The first-order valence-electron chi connectivity index (χ1n) is 4.80. The summed E-state index contributed by atoms with van der Waals surface area (Å²) >= 11 is 0. The summed E-state index contributed by atoms with van der Waals surface area (Å²) in [7, 11) is 0. The molecular formula is C11H11N3O2. The number of H-pyrrole nitrogens is 1. The van der Waals surface area contributed by atoms with E-state index in [1.807, 2.05) is 0 Å². The lowest BCUT2D eigenvalue weighted by atomic mass is 10.1. The first-order valence-corrected chi connectivity index (χ1v) is 4.80. The van der Waals surface area contributed by atoms with Gasteiger partial charge in [-0.15, -0.1) is 0 Å². The van der Waals surface area contributed by atoms with Gasteiger partial charge in [0.2, 0.25) is 0 Å². The van der Waals surface area contributed by atoms with E-state index in [0.29, 0.717) is 16.6 Å². The summed E-state index contributed by atoms with van der Waals surface area (Å²) in [5.41, 5.74) is 7.78.